The molecule has 3 aromatic rings. The number of hydrogen-bond acceptors (Lipinski definition) is 6. The largest absolute Gasteiger partial charge is 0.490 e. The number of halogens is 3. The Morgan fingerprint density at radius 2 is 1.89 bits per heavy atom. The van der Waals surface area contributed by atoms with Crippen molar-refractivity contribution < 1.29 is 27.0 Å². The number of aliphatic hydroxyl groups excluding tert-OH is 1. The Bertz CT molecular complexity index is 1350. The van der Waals surface area contributed by atoms with Crippen LogP contribution in [0.5, 0.6) is 5.75 Å². The zero-order chi connectivity index (χ0) is 24.8. The summed E-state index contributed by atoms with van der Waals surface area (Å²) in [5, 5.41) is 15.3. The number of hydrogen-bond donors (Lipinski definition) is 2. The van der Waals surface area contributed by atoms with Gasteiger partial charge in [-0.05, 0) is 72.7 Å². The third-order valence-corrected chi connectivity index (χ3v) is 11.0. The van der Waals surface area contributed by atoms with Gasteiger partial charge in [0.1, 0.15) is 10.6 Å². The quantitative estimate of drug-likeness (QED) is 0.451. The summed E-state index contributed by atoms with van der Waals surface area (Å²) < 4.78 is 62.4. The summed E-state index contributed by atoms with van der Waals surface area (Å²) >= 11 is 7.46. The average molecular weight is 540 g/mol. The van der Waals surface area contributed by atoms with Crippen LogP contribution in [0.1, 0.15) is 35.3 Å². The second-order valence-electron chi connectivity index (χ2n) is 8.97. The fraction of sp³-hybridized carbons (Fsp3) is 0.360. The molecule has 2 aliphatic rings. The van der Waals surface area contributed by atoms with Crippen molar-refractivity contribution in [2.24, 2.45) is 5.92 Å². The number of ether oxygens (including phenoxy) is 1. The molecule has 2 heterocycles. The van der Waals surface area contributed by atoms with E-state index in [1.165, 1.54) is 35.6 Å². The van der Waals surface area contributed by atoms with E-state index in [-0.39, 0.29) is 41.9 Å². The van der Waals surface area contributed by atoms with Gasteiger partial charge in [-0.2, -0.15) is 0 Å². The van der Waals surface area contributed by atoms with E-state index in [1.54, 1.807) is 0 Å². The van der Waals surface area contributed by atoms with Gasteiger partial charge < -0.3 is 15.2 Å². The summed E-state index contributed by atoms with van der Waals surface area (Å²) in [6.45, 7) is 0.437. The van der Waals surface area contributed by atoms with E-state index in [0.717, 1.165) is 22.6 Å². The van der Waals surface area contributed by atoms with Gasteiger partial charge in [0.05, 0.1) is 23.7 Å². The lowest BCUT2D eigenvalue weighted by Gasteiger charge is -2.49. The highest BCUT2D eigenvalue weighted by molar-refractivity contribution is 7.92. The molecule has 1 aliphatic heterocycles. The number of aliphatic hydroxyl groups is 1. The predicted octanol–water partition coefficient (Wildman–Crippen LogP) is 5.19. The summed E-state index contributed by atoms with van der Waals surface area (Å²) in [6.07, 6.45) is 0.950. The Hall–Kier alpha value is -2.04. The monoisotopic (exact) mass is 539 g/mol. The van der Waals surface area contributed by atoms with E-state index in [2.05, 4.69) is 5.32 Å². The first kappa shape index (κ1) is 24.6. The van der Waals surface area contributed by atoms with Crippen LogP contribution in [0.2, 0.25) is 5.02 Å². The van der Waals surface area contributed by atoms with Gasteiger partial charge in [-0.1, -0.05) is 11.6 Å². The third kappa shape index (κ3) is 4.07. The third-order valence-electron chi connectivity index (χ3n) is 7.17. The zero-order valence-electron chi connectivity index (χ0n) is 18.6. The molecule has 1 aromatic heterocycles. The molecule has 0 saturated heterocycles. The maximum Gasteiger partial charge on any atom is 0.188 e. The SMILES string of the molecule is O=S(=O)(c1ccc(Cl)cc1)[C@@]12CC[C@@H](NCc3ccsc3CO)C[C@@H]1COc1c(F)ccc(F)c12. The number of thiophene rings is 1. The number of nitrogens with one attached hydrogen (secondary N) is 1. The maximum atomic E-state index is 15.3. The molecule has 2 N–H and O–H groups in total. The van der Waals surface area contributed by atoms with Gasteiger partial charge in [0, 0.05) is 28.4 Å². The predicted molar refractivity (Wildman–Crippen MR) is 130 cm³/mol. The lowest BCUT2D eigenvalue weighted by molar-refractivity contribution is 0.107. The van der Waals surface area contributed by atoms with Crippen LogP contribution >= 0.6 is 22.9 Å². The van der Waals surface area contributed by atoms with Crippen molar-refractivity contribution in [3.63, 3.8) is 0 Å². The molecule has 0 unspecified atom stereocenters. The molecule has 186 valence electrons. The van der Waals surface area contributed by atoms with Gasteiger partial charge in [-0.25, -0.2) is 17.2 Å². The standard InChI is InChI=1S/C25H24ClF2NO4S2/c26-17-1-3-19(4-2-17)35(31,32)25-9-7-18(29-12-15-8-10-34-22(15)13-30)11-16(25)14-33-24-21(28)6-5-20(27)23(24)25/h1-6,8,10,16,18,29-30H,7,9,11-14H2/t16-,18-,25+/m1/s1. The van der Waals surface area contributed by atoms with Crippen molar-refractivity contribution in [2.75, 3.05) is 6.61 Å². The molecule has 10 heteroatoms. The first-order valence-electron chi connectivity index (χ1n) is 11.3. The number of benzene rings is 2. The fourth-order valence-corrected chi connectivity index (χ4v) is 8.70. The molecule has 5 nitrogen and oxygen atoms in total. The second-order valence-corrected chi connectivity index (χ2v) is 12.6. The summed E-state index contributed by atoms with van der Waals surface area (Å²) in [7, 11) is -4.15. The van der Waals surface area contributed by atoms with E-state index < -0.39 is 32.1 Å². The Labute approximate surface area is 211 Å². The van der Waals surface area contributed by atoms with E-state index in [0.29, 0.717) is 24.4 Å². The Morgan fingerprint density at radius 3 is 2.63 bits per heavy atom. The summed E-state index contributed by atoms with van der Waals surface area (Å²) in [6, 6.07) is 9.60. The van der Waals surface area contributed by atoms with Crippen LogP contribution in [0.4, 0.5) is 8.78 Å². The lowest BCUT2D eigenvalue weighted by Crippen LogP contribution is -2.55. The van der Waals surface area contributed by atoms with E-state index >= 15 is 4.39 Å². The van der Waals surface area contributed by atoms with Crippen LogP contribution in [-0.2, 0) is 27.7 Å². The van der Waals surface area contributed by atoms with Crippen LogP contribution < -0.4 is 10.1 Å². The summed E-state index contributed by atoms with van der Waals surface area (Å²) in [5.74, 6) is -2.49. The molecular formula is C25H24ClF2NO4S2. The summed E-state index contributed by atoms with van der Waals surface area (Å²) in [4.78, 5) is 0.890. The Morgan fingerprint density at radius 1 is 1.14 bits per heavy atom. The van der Waals surface area contributed by atoms with E-state index in [9.17, 15) is 17.9 Å². The fourth-order valence-electron chi connectivity index (χ4n) is 5.44. The first-order chi connectivity index (χ1) is 16.8. The first-order valence-corrected chi connectivity index (χ1v) is 14.0. The number of sulfone groups is 1. The van der Waals surface area contributed by atoms with Crippen LogP contribution in [0.3, 0.4) is 0 Å². The smallest absolute Gasteiger partial charge is 0.188 e. The summed E-state index contributed by atoms with van der Waals surface area (Å²) in [5.41, 5.74) is 0.768. The second kappa shape index (κ2) is 9.44. The molecular weight excluding hydrogens is 516 g/mol. The van der Waals surface area contributed by atoms with Crippen molar-refractivity contribution >= 4 is 32.8 Å². The molecule has 5 rings (SSSR count). The van der Waals surface area contributed by atoms with Crippen LogP contribution in [0.25, 0.3) is 0 Å². The van der Waals surface area contributed by atoms with Crippen LogP contribution in [0.15, 0.2) is 52.7 Å². The van der Waals surface area contributed by atoms with Gasteiger partial charge >= 0.3 is 0 Å². The highest BCUT2D eigenvalue weighted by Gasteiger charge is 2.59. The minimum atomic E-state index is -4.15. The molecule has 0 radical (unpaired) electrons. The van der Waals surface area contributed by atoms with Crippen molar-refractivity contribution in [3.8, 4) is 5.75 Å². The van der Waals surface area contributed by atoms with Gasteiger partial charge in [0.2, 0.25) is 0 Å². The van der Waals surface area contributed by atoms with Crippen molar-refractivity contribution in [1.82, 2.24) is 5.32 Å². The molecule has 0 bridgehead atoms. The zero-order valence-corrected chi connectivity index (χ0v) is 21.0. The average Bonchev–Trinajstić information content (AvgIpc) is 3.32. The van der Waals surface area contributed by atoms with Crippen LogP contribution in [0, 0.1) is 17.6 Å². The Kier molecular flexibility index (Phi) is 6.65. The number of rotatable bonds is 6. The van der Waals surface area contributed by atoms with Gasteiger partial charge in [-0.15, -0.1) is 11.3 Å². The molecule has 2 aromatic carbocycles. The van der Waals surface area contributed by atoms with Gasteiger partial charge in [0.15, 0.2) is 21.4 Å². The van der Waals surface area contributed by atoms with E-state index in [1.807, 2.05) is 11.4 Å². The lowest BCUT2D eigenvalue weighted by atomic mass is 9.71. The number of fused-ring (bicyclic) bond motifs is 3. The van der Waals surface area contributed by atoms with Gasteiger partial charge in [0.25, 0.3) is 0 Å². The topological polar surface area (TPSA) is 75.6 Å². The van der Waals surface area contributed by atoms with Crippen molar-refractivity contribution in [3.05, 3.63) is 80.5 Å². The molecule has 1 saturated carbocycles. The minimum Gasteiger partial charge on any atom is -0.490 e. The van der Waals surface area contributed by atoms with Crippen molar-refractivity contribution in [1.29, 1.82) is 0 Å². The highest BCUT2D eigenvalue weighted by Crippen LogP contribution is 2.56. The van der Waals surface area contributed by atoms with Crippen LogP contribution in [-0.4, -0.2) is 26.2 Å². The molecule has 0 amide bonds. The van der Waals surface area contributed by atoms with Crippen molar-refractivity contribution in [2.45, 2.75) is 48.1 Å². The highest BCUT2D eigenvalue weighted by atomic mass is 35.5. The molecule has 35 heavy (non-hydrogen) atoms. The maximum absolute atomic E-state index is 15.3. The van der Waals surface area contributed by atoms with E-state index in [4.69, 9.17) is 16.3 Å². The molecule has 0 spiro atoms. The normalized spacial score (nSPS) is 23.9. The molecule has 1 aliphatic carbocycles. The molecule has 1 fully saturated rings. The van der Waals surface area contributed by atoms with Gasteiger partial charge in [-0.3, -0.25) is 0 Å². The Balaban J connectivity index is 1.54. The minimum absolute atomic E-state index is 0.0145. The molecule has 3 atom stereocenters.